The van der Waals surface area contributed by atoms with Crippen LogP contribution in [0.15, 0.2) is 4.52 Å². The van der Waals surface area contributed by atoms with Gasteiger partial charge in [0.15, 0.2) is 0 Å². The molecule has 1 heterocycles. The van der Waals surface area contributed by atoms with Crippen LogP contribution in [0.1, 0.15) is 64.0 Å². The Hall–Kier alpha value is -0.830. The minimum absolute atomic E-state index is 0.470. The topological polar surface area (TPSA) is 38.1 Å². The van der Waals surface area contributed by atoms with Gasteiger partial charge in [0.2, 0.25) is 0 Å². The number of aryl methyl sites for hydroxylation is 2. The Kier molecular flexibility index (Phi) is 4.58. The van der Waals surface area contributed by atoms with Gasteiger partial charge in [-0.05, 0) is 57.8 Å². The van der Waals surface area contributed by atoms with Crippen molar-refractivity contribution in [3.8, 4) is 0 Å². The van der Waals surface area contributed by atoms with E-state index >= 15 is 0 Å². The largest absolute Gasteiger partial charge is 0.361 e. The first-order valence-corrected chi connectivity index (χ1v) is 7.94. The summed E-state index contributed by atoms with van der Waals surface area (Å²) in [6.07, 6.45) is 4.94. The lowest BCUT2D eigenvalue weighted by atomic mass is 9.70. The van der Waals surface area contributed by atoms with Gasteiger partial charge in [-0.15, -0.1) is 0 Å². The monoisotopic (exact) mass is 278 g/mol. The number of rotatable bonds is 4. The Balaban J connectivity index is 1.93. The molecule has 2 rings (SSSR count). The maximum atomic E-state index is 5.26. The first-order chi connectivity index (χ1) is 9.27. The molecule has 3 heteroatoms. The first-order valence-electron chi connectivity index (χ1n) is 7.94. The highest BCUT2D eigenvalue weighted by Gasteiger charge is 2.32. The van der Waals surface area contributed by atoms with Crippen molar-refractivity contribution in [2.24, 2.45) is 11.3 Å². The zero-order valence-corrected chi connectivity index (χ0v) is 13.9. The van der Waals surface area contributed by atoms with Gasteiger partial charge < -0.3 is 9.84 Å². The Morgan fingerprint density at radius 1 is 1.35 bits per heavy atom. The van der Waals surface area contributed by atoms with Crippen molar-refractivity contribution in [1.29, 1.82) is 0 Å². The van der Waals surface area contributed by atoms with Crippen LogP contribution < -0.4 is 5.32 Å². The lowest BCUT2D eigenvalue weighted by Gasteiger charge is -2.40. The molecule has 1 aliphatic rings. The van der Waals surface area contributed by atoms with Crippen LogP contribution >= 0.6 is 0 Å². The number of nitrogens with zero attached hydrogens (tertiary/aromatic N) is 1. The van der Waals surface area contributed by atoms with E-state index in [1.54, 1.807) is 0 Å². The van der Waals surface area contributed by atoms with Crippen molar-refractivity contribution in [3.05, 3.63) is 17.0 Å². The van der Waals surface area contributed by atoms with E-state index < -0.39 is 0 Å². The quantitative estimate of drug-likeness (QED) is 0.903. The Morgan fingerprint density at radius 3 is 2.60 bits per heavy atom. The lowest BCUT2D eigenvalue weighted by molar-refractivity contribution is 0.145. The van der Waals surface area contributed by atoms with Crippen LogP contribution in [-0.2, 0) is 6.42 Å². The summed E-state index contributed by atoms with van der Waals surface area (Å²) in [6.45, 7) is 13.5. The second kappa shape index (κ2) is 5.88. The SMILES string of the molecule is Cc1noc(C)c1C[C@H](C)N[C@@H]1C[C@H](C)CC(C)(C)C1. The molecule has 20 heavy (non-hydrogen) atoms. The summed E-state index contributed by atoms with van der Waals surface area (Å²) in [7, 11) is 0. The van der Waals surface area contributed by atoms with Gasteiger partial charge in [-0.25, -0.2) is 0 Å². The average molecular weight is 278 g/mol. The van der Waals surface area contributed by atoms with Gasteiger partial charge in [-0.1, -0.05) is 25.9 Å². The Morgan fingerprint density at radius 2 is 2.05 bits per heavy atom. The van der Waals surface area contributed by atoms with Crippen LogP contribution in [-0.4, -0.2) is 17.2 Å². The van der Waals surface area contributed by atoms with E-state index in [1.807, 2.05) is 13.8 Å². The van der Waals surface area contributed by atoms with Gasteiger partial charge in [-0.2, -0.15) is 0 Å². The molecule has 3 atom stereocenters. The van der Waals surface area contributed by atoms with Gasteiger partial charge in [-0.3, -0.25) is 0 Å². The predicted molar refractivity (Wildman–Crippen MR) is 82.9 cm³/mol. The average Bonchev–Trinajstić information content (AvgIpc) is 2.57. The van der Waals surface area contributed by atoms with Crippen molar-refractivity contribution in [2.75, 3.05) is 0 Å². The summed E-state index contributed by atoms with van der Waals surface area (Å²) in [5.74, 6) is 1.79. The summed E-state index contributed by atoms with van der Waals surface area (Å²) < 4.78 is 5.26. The molecule has 3 nitrogen and oxygen atoms in total. The molecule has 1 saturated carbocycles. The molecule has 0 radical (unpaired) electrons. The number of hydrogen-bond acceptors (Lipinski definition) is 3. The van der Waals surface area contributed by atoms with E-state index in [2.05, 4.69) is 38.2 Å². The van der Waals surface area contributed by atoms with E-state index in [0.29, 0.717) is 17.5 Å². The molecule has 0 saturated heterocycles. The lowest BCUT2D eigenvalue weighted by Crippen LogP contribution is -2.44. The third-order valence-electron chi connectivity index (χ3n) is 4.60. The number of hydrogen-bond donors (Lipinski definition) is 1. The van der Waals surface area contributed by atoms with Crippen LogP contribution in [0.25, 0.3) is 0 Å². The number of nitrogens with one attached hydrogen (secondary N) is 1. The Bertz CT molecular complexity index is 430. The molecule has 0 aliphatic heterocycles. The second-order valence-corrected chi connectivity index (χ2v) is 7.68. The van der Waals surface area contributed by atoms with Crippen molar-refractivity contribution >= 4 is 0 Å². The van der Waals surface area contributed by atoms with Gasteiger partial charge in [0.25, 0.3) is 0 Å². The highest BCUT2D eigenvalue weighted by atomic mass is 16.5. The van der Waals surface area contributed by atoms with Crippen LogP contribution in [0, 0.1) is 25.2 Å². The fraction of sp³-hybridized carbons (Fsp3) is 0.824. The highest BCUT2D eigenvalue weighted by Crippen LogP contribution is 2.38. The highest BCUT2D eigenvalue weighted by molar-refractivity contribution is 5.21. The summed E-state index contributed by atoms with van der Waals surface area (Å²) >= 11 is 0. The van der Waals surface area contributed by atoms with Gasteiger partial charge in [0.05, 0.1) is 5.69 Å². The standard InChI is InChI=1S/C17H30N2O/c1-11-7-15(10-17(5,6)9-11)18-12(2)8-16-13(3)19-20-14(16)4/h11-12,15,18H,7-10H2,1-6H3/t11-,12-,15+/m0/s1. The van der Waals surface area contributed by atoms with E-state index in [4.69, 9.17) is 4.52 Å². The molecule has 1 aliphatic carbocycles. The molecule has 1 aromatic heterocycles. The normalized spacial score (nSPS) is 27.5. The van der Waals surface area contributed by atoms with Crippen molar-refractivity contribution < 1.29 is 4.52 Å². The first kappa shape index (κ1) is 15.6. The molecule has 0 aromatic carbocycles. The molecular weight excluding hydrogens is 248 g/mol. The third-order valence-corrected chi connectivity index (χ3v) is 4.60. The minimum atomic E-state index is 0.470. The van der Waals surface area contributed by atoms with Crippen LogP contribution in [0.4, 0.5) is 0 Å². The van der Waals surface area contributed by atoms with E-state index in [9.17, 15) is 0 Å². The molecular formula is C17H30N2O. The summed E-state index contributed by atoms with van der Waals surface area (Å²) in [5, 5.41) is 7.88. The molecule has 0 amide bonds. The molecule has 0 spiro atoms. The molecule has 114 valence electrons. The molecule has 0 bridgehead atoms. The van der Waals surface area contributed by atoms with E-state index in [1.165, 1.54) is 24.8 Å². The molecule has 1 fully saturated rings. The number of aromatic nitrogens is 1. The van der Waals surface area contributed by atoms with Gasteiger partial charge >= 0.3 is 0 Å². The maximum absolute atomic E-state index is 5.26. The zero-order chi connectivity index (χ0) is 14.9. The summed E-state index contributed by atoms with van der Waals surface area (Å²) in [6, 6.07) is 1.11. The molecule has 0 unspecified atom stereocenters. The Labute approximate surface area is 123 Å². The fourth-order valence-electron chi connectivity index (χ4n) is 4.03. The van der Waals surface area contributed by atoms with Crippen molar-refractivity contribution in [3.63, 3.8) is 0 Å². The van der Waals surface area contributed by atoms with Crippen molar-refractivity contribution in [1.82, 2.24) is 10.5 Å². The minimum Gasteiger partial charge on any atom is -0.361 e. The van der Waals surface area contributed by atoms with Crippen LogP contribution in [0.3, 0.4) is 0 Å². The molecule has 1 N–H and O–H groups in total. The zero-order valence-electron chi connectivity index (χ0n) is 13.9. The smallest absolute Gasteiger partial charge is 0.137 e. The van der Waals surface area contributed by atoms with Crippen molar-refractivity contribution in [2.45, 2.75) is 79.3 Å². The van der Waals surface area contributed by atoms with Gasteiger partial charge in [0.1, 0.15) is 5.76 Å². The van der Waals surface area contributed by atoms with E-state index in [-0.39, 0.29) is 0 Å². The second-order valence-electron chi connectivity index (χ2n) is 7.68. The van der Waals surface area contributed by atoms with Gasteiger partial charge in [0, 0.05) is 17.6 Å². The summed E-state index contributed by atoms with van der Waals surface area (Å²) in [4.78, 5) is 0. The summed E-state index contributed by atoms with van der Waals surface area (Å²) in [5.41, 5.74) is 2.78. The fourth-order valence-corrected chi connectivity index (χ4v) is 4.03. The maximum Gasteiger partial charge on any atom is 0.137 e. The molecule has 1 aromatic rings. The third kappa shape index (κ3) is 3.85. The van der Waals surface area contributed by atoms with E-state index in [0.717, 1.165) is 23.8 Å². The predicted octanol–water partition coefficient (Wildman–Crippen LogP) is 4.03. The van der Waals surface area contributed by atoms with Crippen LogP contribution in [0.2, 0.25) is 0 Å². The van der Waals surface area contributed by atoms with Crippen LogP contribution in [0.5, 0.6) is 0 Å².